The topological polar surface area (TPSA) is 67.5 Å². The quantitative estimate of drug-likeness (QED) is 0.891. The summed E-state index contributed by atoms with van der Waals surface area (Å²) in [7, 11) is 2.07. The zero-order valence-corrected chi connectivity index (χ0v) is 16.0. The second-order valence-electron chi connectivity index (χ2n) is 7.62. The summed E-state index contributed by atoms with van der Waals surface area (Å²) in [5, 5.41) is 2.69. The van der Waals surface area contributed by atoms with Crippen LogP contribution in [-0.4, -0.2) is 42.2 Å². The molecule has 7 heteroatoms. The van der Waals surface area contributed by atoms with Crippen LogP contribution in [-0.2, 0) is 0 Å². The van der Waals surface area contributed by atoms with Gasteiger partial charge in [-0.15, -0.1) is 0 Å². The molecule has 0 radical (unpaired) electrons. The van der Waals surface area contributed by atoms with Crippen LogP contribution >= 0.6 is 0 Å². The van der Waals surface area contributed by atoms with E-state index < -0.39 is 11.8 Å². The lowest BCUT2D eigenvalue weighted by Gasteiger charge is -2.30. The van der Waals surface area contributed by atoms with Gasteiger partial charge in [-0.05, 0) is 68.6 Å². The number of rotatable bonds is 4. The summed E-state index contributed by atoms with van der Waals surface area (Å²) in [5.74, 6) is -0.317. The molecule has 27 heavy (non-hydrogen) atoms. The van der Waals surface area contributed by atoms with E-state index in [1.54, 1.807) is 6.07 Å². The number of piperidine rings is 1. The highest BCUT2D eigenvalue weighted by molar-refractivity contribution is 5.77. The van der Waals surface area contributed by atoms with Crippen LogP contribution in [0.5, 0.6) is 0 Å². The molecule has 6 nitrogen and oxygen atoms in total. The molecule has 0 atom stereocenters. The summed E-state index contributed by atoms with van der Waals surface area (Å²) >= 11 is 0. The smallest absolute Gasteiger partial charge is 0.407 e. The van der Waals surface area contributed by atoms with E-state index in [9.17, 15) is 14.0 Å². The third kappa shape index (κ3) is 4.47. The molecule has 1 fully saturated rings. The number of amides is 1. The molecule has 1 aromatic carbocycles. The number of nitrogens with one attached hydrogen (secondary N) is 1. The summed E-state index contributed by atoms with van der Waals surface area (Å²) in [6, 6.07) is 3.97. The van der Waals surface area contributed by atoms with Crippen molar-refractivity contribution in [3.8, 4) is 11.3 Å². The van der Waals surface area contributed by atoms with Crippen LogP contribution in [0.25, 0.3) is 11.3 Å². The molecular formula is C20H26FN3O3. The molecule has 1 aromatic heterocycles. The summed E-state index contributed by atoms with van der Waals surface area (Å²) in [5.41, 5.74) is 1.49. The highest BCUT2D eigenvalue weighted by atomic mass is 19.1. The third-order valence-electron chi connectivity index (χ3n) is 4.96. The Bertz CT molecular complexity index is 864. The summed E-state index contributed by atoms with van der Waals surface area (Å²) in [6.45, 7) is 6.27. The number of hydrogen-bond donors (Lipinski definition) is 1. The SMILES string of the molecule is CC(C)CNC(=O)n1cc(-c2ccc(F)cc2C2CCN(C)CC2)oc1=O. The Kier molecular flexibility index (Phi) is 5.79. The fraction of sp³-hybridized carbons (Fsp3) is 0.500. The first kappa shape index (κ1) is 19.4. The predicted molar refractivity (Wildman–Crippen MR) is 101 cm³/mol. The minimum atomic E-state index is -0.745. The van der Waals surface area contributed by atoms with E-state index in [-0.39, 0.29) is 23.4 Å². The molecule has 2 aromatic rings. The van der Waals surface area contributed by atoms with Crippen LogP contribution in [0.3, 0.4) is 0 Å². The first-order valence-electron chi connectivity index (χ1n) is 9.34. The Labute approximate surface area is 158 Å². The van der Waals surface area contributed by atoms with Gasteiger partial charge in [-0.3, -0.25) is 0 Å². The predicted octanol–water partition coefficient (Wildman–Crippen LogP) is 3.27. The molecule has 1 saturated heterocycles. The van der Waals surface area contributed by atoms with E-state index >= 15 is 0 Å². The van der Waals surface area contributed by atoms with Gasteiger partial charge in [0.25, 0.3) is 0 Å². The molecule has 146 valence electrons. The lowest BCUT2D eigenvalue weighted by molar-refractivity contribution is 0.239. The number of likely N-dealkylation sites (tertiary alicyclic amines) is 1. The van der Waals surface area contributed by atoms with E-state index in [1.807, 2.05) is 13.8 Å². The van der Waals surface area contributed by atoms with Crippen LogP contribution in [0.2, 0.25) is 0 Å². The van der Waals surface area contributed by atoms with Gasteiger partial charge in [-0.2, -0.15) is 4.57 Å². The van der Waals surface area contributed by atoms with Crippen molar-refractivity contribution < 1.29 is 13.6 Å². The fourth-order valence-electron chi connectivity index (χ4n) is 3.40. The molecule has 0 saturated carbocycles. The molecule has 0 spiro atoms. The molecular weight excluding hydrogens is 349 g/mol. The minimum absolute atomic E-state index is 0.190. The van der Waals surface area contributed by atoms with Gasteiger partial charge >= 0.3 is 11.8 Å². The van der Waals surface area contributed by atoms with Gasteiger partial charge in [0, 0.05) is 12.1 Å². The molecule has 1 N–H and O–H groups in total. The molecule has 0 unspecified atom stereocenters. The molecule has 1 aliphatic rings. The average Bonchev–Trinajstić information content (AvgIpc) is 3.02. The Balaban J connectivity index is 1.92. The van der Waals surface area contributed by atoms with Crippen molar-refractivity contribution in [1.29, 1.82) is 0 Å². The second-order valence-corrected chi connectivity index (χ2v) is 7.62. The number of nitrogens with zero attached hydrogens (tertiary/aromatic N) is 2. The van der Waals surface area contributed by atoms with Crippen molar-refractivity contribution in [3.05, 3.63) is 46.3 Å². The van der Waals surface area contributed by atoms with E-state index in [0.29, 0.717) is 12.1 Å². The number of halogens is 1. The molecule has 2 heterocycles. The van der Waals surface area contributed by atoms with Crippen molar-refractivity contribution in [1.82, 2.24) is 14.8 Å². The molecule has 1 aliphatic heterocycles. The first-order valence-corrected chi connectivity index (χ1v) is 9.34. The average molecular weight is 375 g/mol. The normalized spacial score (nSPS) is 16.0. The van der Waals surface area contributed by atoms with Gasteiger partial charge in [0.15, 0.2) is 5.76 Å². The van der Waals surface area contributed by atoms with Gasteiger partial charge in [0.05, 0.1) is 6.20 Å². The first-order chi connectivity index (χ1) is 12.8. The largest absolute Gasteiger partial charge is 0.427 e. The standard InChI is InChI=1S/C20H26FN3O3/c1-13(2)11-22-19(25)24-12-18(27-20(24)26)16-5-4-15(21)10-17(16)14-6-8-23(3)9-7-14/h4-5,10,12-14H,6-9,11H2,1-3H3,(H,22,25). The Morgan fingerprint density at radius 3 is 2.70 bits per heavy atom. The van der Waals surface area contributed by atoms with E-state index in [0.717, 1.165) is 36.1 Å². The van der Waals surface area contributed by atoms with E-state index in [1.165, 1.54) is 18.3 Å². The monoisotopic (exact) mass is 375 g/mol. The number of aromatic nitrogens is 1. The third-order valence-corrected chi connectivity index (χ3v) is 4.96. The summed E-state index contributed by atoms with van der Waals surface area (Å²) in [6.07, 6.45) is 3.21. The molecule has 0 bridgehead atoms. The molecule has 0 aliphatic carbocycles. The van der Waals surface area contributed by atoms with E-state index in [4.69, 9.17) is 4.42 Å². The number of hydrogen-bond acceptors (Lipinski definition) is 4. The Morgan fingerprint density at radius 1 is 1.33 bits per heavy atom. The summed E-state index contributed by atoms with van der Waals surface area (Å²) < 4.78 is 20.2. The Hall–Kier alpha value is -2.41. The highest BCUT2D eigenvalue weighted by Crippen LogP contribution is 2.35. The van der Waals surface area contributed by atoms with Crippen molar-refractivity contribution in [2.45, 2.75) is 32.6 Å². The zero-order chi connectivity index (χ0) is 19.6. The van der Waals surface area contributed by atoms with Crippen molar-refractivity contribution in [3.63, 3.8) is 0 Å². The molecule has 3 rings (SSSR count). The lowest BCUT2D eigenvalue weighted by Crippen LogP contribution is -2.35. The number of oxazole rings is 1. The maximum atomic E-state index is 13.9. The van der Waals surface area contributed by atoms with Crippen molar-refractivity contribution >= 4 is 6.03 Å². The van der Waals surface area contributed by atoms with Gasteiger partial charge in [-0.25, -0.2) is 14.0 Å². The zero-order valence-electron chi connectivity index (χ0n) is 16.0. The summed E-state index contributed by atoms with van der Waals surface area (Å²) in [4.78, 5) is 26.6. The van der Waals surface area contributed by atoms with Crippen LogP contribution in [0.15, 0.2) is 33.6 Å². The maximum absolute atomic E-state index is 13.9. The van der Waals surface area contributed by atoms with Gasteiger partial charge in [0.1, 0.15) is 5.82 Å². The van der Waals surface area contributed by atoms with Gasteiger partial charge in [-0.1, -0.05) is 13.8 Å². The van der Waals surface area contributed by atoms with Crippen LogP contribution in [0.4, 0.5) is 9.18 Å². The molecule has 1 amide bonds. The van der Waals surface area contributed by atoms with Crippen LogP contribution < -0.4 is 11.1 Å². The van der Waals surface area contributed by atoms with Gasteiger partial charge < -0.3 is 14.6 Å². The minimum Gasteiger partial charge on any atom is -0.407 e. The van der Waals surface area contributed by atoms with E-state index in [2.05, 4.69) is 17.3 Å². The lowest BCUT2D eigenvalue weighted by atomic mass is 9.86. The van der Waals surface area contributed by atoms with Gasteiger partial charge in [0.2, 0.25) is 0 Å². The number of benzene rings is 1. The highest BCUT2D eigenvalue weighted by Gasteiger charge is 2.24. The number of carbonyl (C=O) groups is 1. The van der Waals surface area contributed by atoms with Crippen LogP contribution in [0.1, 0.15) is 38.2 Å². The second kappa shape index (κ2) is 8.08. The van der Waals surface area contributed by atoms with Crippen molar-refractivity contribution in [2.24, 2.45) is 5.92 Å². The maximum Gasteiger partial charge on any atom is 0.427 e. The van der Waals surface area contributed by atoms with Crippen LogP contribution in [0, 0.1) is 11.7 Å². The van der Waals surface area contributed by atoms with Crippen molar-refractivity contribution in [2.75, 3.05) is 26.7 Å². The fourth-order valence-corrected chi connectivity index (χ4v) is 3.40. The number of carbonyl (C=O) groups excluding carboxylic acids is 1. The Morgan fingerprint density at radius 2 is 2.04 bits per heavy atom.